The fraction of sp³-hybridized carbons (Fsp3) is 0.281. The van der Waals surface area contributed by atoms with E-state index in [0.717, 1.165) is 51.6 Å². The van der Waals surface area contributed by atoms with Gasteiger partial charge in [-0.2, -0.15) is 0 Å². The van der Waals surface area contributed by atoms with Crippen molar-refractivity contribution in [2.45, 2.75) is 64.2 Å². The van der Waals surface area contributed by atoms with Crippen LogP contribution in [0.25, 0.3) is 23.3 Å². The first-order valence-corrected chi connectivity index (χ1v) is 25.2. The number of allylic oxidation sites excluding steroid dienone is 8. The Morgan fingerprint density at radius 3 is 1.56 bits per heavy atom. The molecule has 0 atom stereocenters. The van der Waals surface area contributed by atoms with Crippen LogP contribution in [0.4, 0.5) is 0 Å². The minimum atomic E-state index is -2.41. The summed E-state index contributed by atoms with van der Waals surface area (Å²) in [5.74, 6) is 0. The molecule has 0 N–H and O–H groups in total. The van der Waals surface area contributed by atoms with Crippen LogP contribution in [-0.4, -0.2) is 51.1 Å². The number of rotatable bonds is 16. The van der Waals surface area contributed by atoms with Gasteiger partial charge in [0, 0.05) is 0 Å². The molecule has 0 aromatic heterocycles. The Bertz CT molecular complexity index is 2370. The Hall–Kier alpha value is -4.43. The van der Waals surface area contributed by atoms with Gasteiger partial charge in [-0.3, -0.25) is 0 Å². The average molecular weight is 997 g/mol. The fourth-order valence-electron chi connectivity index (χ4n) is 9.94. The third kappa shape index (κ3) is 9.50. The molecule has 0 spiro atoms. The van der Waals surface area contributed by atoms with Crippen molar-refractivity contribution in [1.82, 2.24) is 9.80 Å². The summed E-state index contributed by atoms with van der Waals surface area (Å²) in [5, 5.41) is 5.32. The zero-order valence-electron chi connectivity index (χ0n) is 37.1. The molecule has 0 radical (unpaired) electrons. The van der Waals surface area contributed by atoms with Crippen LogP contribution in [0.1, 0.15) is 81.0 Å². The van der Waals surface area contributed by atoms with Crippen LogP contribution >= 0.6 is 7.26 Å². The van der Waals surface area contributed by atoms with Crippen LogP contribution in [0, 0.1) is 4.37 Å². The van der Waals surface area contributed by atoms with Crippen molar-refractivity contribution >= 4 is 35.3 Å². The van der Waals surface area contributed by atoms with Crippen molar-refractivity contribution in [3.05, 3.63) is 196 Å². The van der Waals surface area contributed by atoms with Crippen molar-refractivity contribution in [3.63, 3.8) is 0 Å². The molecule has 61 heavy (non-hydrogen) atoms. The van der Waals surface area contributed by atoms with E-state index in [9.17, 15) is 0 Å². The first-order chi connectivity index (χ1) is 29.7. The third-order valence-electron chi connectivity index (χ3n) is 12.7. The van der Waals surface area contributed by atoms with E-state index in [1.807, 2.05) is 17.9 Å². The van der Waals surface area contributed by atoms with Crippen molar-refractivity contribution in [3.8, 4) is 15.5 Å². The van der Waals surface area contributed by atoms with Gasteiger partial charge in [0.15, 0.2) is 0 Å². The summed E-state index contributed by atoms with van der Waals surface area (Å²) in [7, 11) is 6.42. The van der Waals surface area contributed by atoms with Gasteiger partial charge in [-0.25, -0.2) is 0 Å². The SMILES string of the molecule is CC=C1CCCC1=CC(/C=C/c1ccc2c(c1)C(CCCN(C)C)(CCCN(C)C)c1cc(/C=C/C)ccc1-2)=C([C]#[Os])[P+](c1ccccc1)(c1ccccc1)c1ccccc1. The summed E-state index contributed by atoms with van der Waals surface area (Å²) in [4.78, 5) is 4.68. The summed E-state index contributed by atoms with van der Waals surface area (Å²) in [6.07, 6.45) is 22.1. The molecule has 0 aliphatic heterocycles. The zero-order chi connectivity index (χ0) is 42.8. The monoisotopic (exact) mass is 998 g/mol. The Balaban J connectivity index is 1.47. The molecule has 0 saturated heterocycles. The van der Waals surface area contributed by atoms with E-state index >= 15 is 0 Å². The van der Waals surface area contributed by atoms with Crippen molar-refractivity contribution in [1.29, 1.82) is 0 Å². The third-order valence-corrected chi connectivity index (χ3v) is 18.1. The predicted molar refractivity (Wildman–Crippen MR) is 264 cm³/mol. The topological polar surface area (TPSA) is 6.48 Å². The van der Waals surface area contributed by atoms with Crippen LogP contribution in [0.3, 0.4) is 0 Å². The number of benzene rings is 5. The van der Waals surface area contributed by atoms with Crippen molar-refractivity contribution in [2.75, 3.05) is 41.3 Å². The molecule has 7 rings (SSSR count). The van der Waals surface area contributed by atoms with Crippen LogP contribution < -0.4 is 15.9 Å². The van der Waals surface area contributed by atoms with E-state index < -0.39 is 7.26 Å². The molecule has 0 heterocycles. The van der Waals surface area contributed by atoms with Gasteiger partial charge in [0.25, 0.3) is 0 Å². The molecular formula is C57H63N2OsP+. The van der Waals surface area contributed by atoms with Crippen LogP contribution in [0.5, 0.6) is 0 Å². The minimum absolute atomic E-state index is 0.0602. The van der Waals surface area contributed by atoms with Gasteiger partial charge < -0.3 is 9.80 Å². The molecule has 2 aliphatic carbocycles. The maximum atomic E-state index is 3.96. The molecule has 2 nitrogen and oxygen atoms in total. The molecule has 0 amide bonds. The van der Waals surface area contributed by atoms with Gasteiger partial charge in [-0.1, -0.05) is 12.2 Å². The first-order valence-electron chi connectivity index (χ1n) is 22.2. The first kappa shape index (κ1) is 44.6. The van der Waals surface area contributed by atoms with Gasteiger partial charge in [-0.15, -0.1) is 0 Å². The Morgan fingerprint density at radius 1 is 0.639 bits per heavy atom. The molecule has 313 valence electrons. The predicted octanol–water partition coefficient (Wildman–Crippen LogP) is 12.5. The van der Waals surface area contributed by atoms with Crippen LogP contribution in [-0.2, 0) is 23.4 Å². The van der Waals surface area contributed by atoms with E-state index in [-0.39, 0.29) is 5.41 Å². The molecule has 5 aromatic rings. The summed E-state index contributed by atoms with van der Waals surface area (Å²) in [6.45, 7) is 6.48. The maximum absolute atomic E-state index is 3.96. The second kappa shape index (κ2) is 20.6. The number of fused-ring (bicyclic) bond motifs is 3. The second-order valence-corrected chi connectivity index (χ2v) is 21.2. The average Bonchev–Trinajstić information content (AvgIpc) is 3.84. The molecule has 1 saturated carbocycles. The summed E-state index contributed by atoms with van der Waals surface area (Å²) >= 11 is 1.87. The Labute approximate surface area is 377 Å². The summed E-state index contributed by atoms with van der Waals surface area (Å²) < 4.78 is 3.96. The van der Waals surface area contributed by atoms with Gasteiger partial charge >= 0.3 is 323 Å². The number of hydrogen-bond acceptors (Lipinski definition) is 2. The summed E-state index contributed by atoms with van der Waals surface area (Å²) in [5.41, 5.74) is 12.4. The Morgan fingerprint density at radius 2 is 1.11 bits per heavy atom. The van der Waals surface area contributed by atoms with E-state index in [1.54, 1.807) is 0 Å². The molecular weight excluding hydrogens is 934 g/mol. The molecule has 0 unspecified atom stereocenters. The zero-order valence-corrected chi connectivity index (χ0v) is 40.6. The van der Waals surface area contributed by atoms with E-state index in [4.69, 9.17) is 0 Å². The number of hydrogen-bond donors (Lipinski definition) is 0. The van der Waals surface area contributed by atoms with E-state index in [2.05, 4.69) is 220 Å². The van der Waals surface area contributed by atoms with Crippen LogP contribution in [0.15, 0.2) is 174 Å². The van der Waals surface area contributed by atoms with Gasteiger partial charge in [0.05, 0.1) is 0 Å². The number of nitrogens with zero attached hydrogens (tertiary/aromatic N) is 2. The molecule has 4 heteroatoms. The van der Waals surface area contributed by atoms with Crippen molar-refractivity contribution in [2.24, 2.45) is 0 Å². The molecule has 0 bridgehead atoms. The fourth-order valence-corrected chi connectivity index (χ4v) is 15.8. The quantitative estimate of drug-likeness (QED) is 0.0718. The van der Waals surface area contributed by atoms with Crippen molar-refractivity contribution < 1.29 is 17.9 Å². The Kier molecular flexibility index (Phi) is 15.1. The van der Waals surface area contributed by atoms with Crippen LogP contribution in [0.2, 0.25) is 0 Å². The van der Waals surface area contributed by atoms with E-state index in [1.165, 1.54) is 77.7 Å². The standard InChI is InChI=1S/C57H63N2P.Os/c1-8-22-45-32-35-53-54-36-33-46(42-56(54)57(55(53)41-45,37-20-39-58(4)5)38-21-40-59(6)7)31-34-48(43-49-24-19-23-47(49)9-2)44(3)60(50-25-13-10-14-26-50,51-27-15-11-16-28-51)52-29-17-12-18-30-52;/h8-18,22,25-36,41-43H,19-21,23-24,37-40H2,1-2,4-7H3;/q+1;/b22-8+,34-31+,47-9?,48-44?,49-43?;. The van der Waals surface area contributed by atoms with E-state index in [0.29, 0.717) is 0 Å². The van der Waals surface area contributed by atoms with Gasteiger partial charge in [0.2, 0.25) is 0 Å². The molecule has 5 aromatic carbocycles. The molecule has 1 fully saturated rings. The molecule has 2 aliphatic rings. The summed E-state index contributed by atoms with van der Waals surface area (Å²) in [6, 6.07) is 48.3. The second-order valence-electron chi connectivity index (χ2n) is 17.2. The van der Waals surface area contributed by atoms with Gasteiger partial charge in [-0.05, 0) is 35.1 Å². The normalized spacial score (nSPS) is 16.5. The van der Waals surface area contributed by atoms with Gasteiger partial charge in [0.1, 0.15) is 0 Å².